The van der Waals surface area contributed by atoms with Crippen LogP contribution in [0.25, 0.3) is 0 Å². The Morgan fingerprint density at radius 3 is 2.23 bits per heavy atom. The van der Waals surface area contributed by atoms with Gasteiger partial charge in [-0.05, 0) is 73.7 Å². The van der Waals surface area contributed by atoms with Gasteiger partial charge in [-0.15, -0.1) is 0 Å². The Balaban J connectivity index is 1.44. The van der Waals surface area contributed by atoms with Crippen LogP contribution in [0.2, 0.25) is 0 Å². The normalized spacial score (nSPS) is 17.8. The molecule has 0 aliphatic carbocycles. The summed E-state index contributed by atoms with van der Waals surface area (Å²) >= 11 is 0. The number of hydrogen-bond donors (Lipinski definition) is 0. The first kappa shape index (κ1) is 21.6. The van der Waals surface area contributed by atoms with E-state index in [1.54, 1.807) is 38.5 Å². The number of piperidine rings is 1. The van der Waals surface area contributed by atoms with Crippen molar-refractivity contribution in [1.82, 2.24) is 4.31 Å². The Kier molecular flexibility index (Phi) is 6.20. The van der Waals surface area contributed by atoms with E-state index in [9.17, 15) is 13.2 Å². The SMILES string of the molecule is COc1ccc(S(=O)(=O)N2CCC(C(=O)N3CCCc4cc(OC)ccc43)CC2)cc1. The molecule has 0 N–H and O–H groups in total. The summed E-state index contributed by atoms with van der Waals surface area (Å²) in [4.78, 5) is 15.4. The van der Waals surface area contributed by atoms with Gasteiger partial charge in [-0.3, -0.25) is 4.79 Å². The number of carbonyl (C=O) groups is 1. The van der Waals surface area contributed by atoms with E-state index in [0.29, 0.717) is 38.2 Å². The highest BCUT2D eigenvalue weighted by Crippen LogP contribution is 2.33. The topological polar surface area (TPSA) is 76.2 Å². The van der Waals surface area contributed by atoms with Gasteiger partial charge in [0.05, 0.1) is 19.1 Å². The van der Waals surface area contributed by atoms with E-state index in [1.165, 1.54) is 4.31 Å². The van der Waals surface area contributed by atoms with Crippen LogP contribution in [0.15, 0.2) is 47.4 Å². The molecule has 2 aliphatic heterocycles. The molecule has 31 heavy (non-hydrogen) atoms. The minimum atomic E-state index is -3.58. The molecule has 166 valence electrons. The number of benzene rings is 2. The number of rotatable bonds is 5. The molecule has 1 fully saturated rings. The smallest absolute Gasteiger partial charge is 0.243 e. The van der Waals surface area contributed by atoms with E-state index < -0.39 is 10.0 Å². The zero-order valence-corrected chi connectivity index (χ0v) is 18.7. The van der Waals surface area contributed by atoms with Gasteiger partial charge in [-0.2, -0.15) is 4.31 Å². The van der Waals surface area contributed by atoms with Crippen molar-refractivity contribution in [1.29, 1.82) is 0 Å². The molecule has 2 aliphatic rings. The lowest BCUT2D eigenvalue weighted by Crippen LogP contribution is -2.45. The van der Waals surface area contributed by atoms with E-state index >= 15 is 0 Å². The summed E-state index contributed by atoms with van der Waals surface area (Å²) in [5.74, 6) is 1.33. The molecule has 0 bridgehead atoms. The maximum Gasteiger partial charge on any atom is 0.243 e. The van der Waals surface area contributed by atoms with Crippen molar-refractivity contribution in [2.45, 2.75) is 30.6 Å². The summed E-state index contributed by atoms with van der Waals surface area (Å²) in [5, 5.41) is 0. The highest BCUT2D eigenvalue weighted by atomic mass is 32.2. The lowest BCUT2D eigenvalue weighted by Gasteiger charge is -2.36. The molecule has 0 unspecified atom stereocenters. The maximum absolute atomic E-state index is 13.3. The Hall–Kier alpha value is -2.58. The molecule has 0 saturated carbocycles. The first-order chi connectivity index (χ1) is 14.9. The second-order valence-corrected chi connectivity index (χ2v) is 9.88. The van der Waals surface area contributed by atoms with Crippen LogP contribution < -0.4 is 14.4 Å². The molecule has 1 amide bonds. The van der Waals surface area contributed by atoms with Crippen LogP contribution in [0.4, 0.5) is 5.69 Å². The number of methoxy groups -OCH3 is 2. The van der Waals surface area contributed by atoms with E-state index in [1.807, 2.05) is 23.1 Å². The molecule has 4 rings (SSSR count). The maximum atomic E-state index is 13.3. The van der Waals surface area contributed by atoms with E-state index in [4.69, 9.17) is 9.47 Å². The fraction of sp³-hybridized carbons (Fsp3) is 0.435. The van der Waals surface area contributed by atoms with Crippen LogP contribution in [0.1, 0.15) is 24.8 Å². The van der Waals surface area contributed by atoms with Gasteiger partial charge in [-0.1, -0.05) is 0 Å². The van der Waals surface area contributed by atoms with Gasteiger partial charge in [0.1, 0.15) is 11.5 Å². The molecule has 0 radical (unpaired) electrons. The van der Waals surface area contributed by atoms with Gasteiger partial charge in [-0.25, -0.2) is 8.42 Å². The molecule has 2 aromatic rings. The fourth-order valence-electron chi connectivity index (χ4n) is 4.39. The summed E-state index contributed by atoms with van der Waals surface area (Å²) in [6, 6.07) is 12.2. The van der Waals surface area contributed by atoms with Crippen molar-refractivity contribution in [2.24, 2.45) is 5.92 Å². The summed E-state index contributed by atoms with van der Waals surface area (Å²) in [7, 11) is -0.394. The largest absolute Gasteiger partial charge is 0.497 e. The van der Waals surface area contributed by atoms with Crippen molar-refractivity contribution in [2.75, 3.05) is 38.8 Å². The first-order valence-corrected chi connectivity index (χ1v) is 12.0. The molecule has 1 saturated heterocycles. The second-order valence-electron chi connectivity index (χ2n) is 7.94. The van der Waals surface area contributed by atoms with Gasteiger partial charge in [0.25, 0.3) is 0 Å². The number of sulfonamides is 1. The number of carbonyl (C=O) groups excluding carboxylic acids is 1. The number of anilines is 1. The highest BCUT2D eigenvalue weighted by molar-refractivity contribution is 7.89. The van der Waals surface area contributed by atoms with Crippen LogP contribution in [0.5, 0.6) is 11.5 Å². The van der Waals surface area contributed by atoms with Crippen molar-refractivity contribution >= 4 is 21.6 Å². The number of aryl methyl sites for hydroxylation is 1. The molecular weight excluding hydrogens is 416 g/mol. The Labute approximate surface area is 183 Å². The molecule has 0 spiro atoms. The zero-order chi connectivity index (χ0) is 22.0. The number of fused-ring (bicyclic) bond motifs is 1. The average Bonchev–Trinajstić information content (AvgIpc) is 2.83. The lowest BCUT2D eigenvalue weighted by molar-refractivity contribution is -0.123. The molecule has 0 aromatic heterocycles. The fourth-order valence-corrected chi connectivity index (χ4v) is 5.86. The summed E-state index contributed by atoms with van der Waals surface area (Å²) < 4.78 is 37.8. The Morgan fingerprint density at radius 1 is 0.935 bits per heavy atom. The number of amides is 1. The summed E-state index contributed by atoms with van der Waals surface area (Å²) in [6.07, 6.45) is 2.89. The van der Waals surface area contributed by atoms with Gasteiger partial charge in [0.15, 0.2) is 0 Å². The molecule has 2 heterocycles. The number of ether oxygens (including phenoxy) is 2. The van der Waals surface area contributed by atoms with Crippen LogP contribution in [0, 0.1) is 5.92 Å². The molecule has 0 atom stereocenters. The first-order valence-electron chi connectivity index (χ1n) is 10.6. The molecule has 7 nitrogen and oxygen atoms in total. The number of hydrogen-bond acceptors (Lipinski definition) is 5. The minimum Gasteiger partial charge on any atom is -0.497 e. The standard InChI is InChI=1S/C23H28N2O5S/c1-29-19-5-8-21(9-6-19)31(27,28)24-14-11-17(12-15-24)23(26)25-13-3-4-18-16-20(30-2)7-10-22(18)25/h5-10,16-17H,3-4,11-15H2,1-2H3. The van der Waals surface area contributed by atoms with E-state index in [-0.39, 0.29) is 16.7 Å². The average molecular weight is 445 g/mol. The number of nitrogens with zero attached hydrogens (tertiary/aromatic N) is 2. The molecule has 2 aromatic carbocycles. The predicted octanol–water partition coefficient (Wildman–Crippen LogP) is 3.08. The lowest BCUT2D eigenvalue weighted by atomic mass is 9.94. The van der Waals surface area contributed by atoms with Crippen molar-refractivity contribution < 1.29 is 22.7 Å². The van der Waals surface area contributed by atoms with Crippen molar-refractivity contribution in [3.8, 4) is 11.5 Å². The second kappa shape index (κ2) is 8.88. The Morgan fingerprint density at radius 2 is 1.58 bits per heavy atom. The molecule has 8 heteroatoms. The third kappa shape index (κ3) is 4.27. The summed E-state index contributed by atoms with van der Waals surface area (Å²) in [5.41, 5.74) is 2.07. The molecular formula is C23H28N2O5S. The van der Waals surface area contributed by atoms with Crippen LogP contribution in [0.3, 0.4) is 0 Å². The minimum absolute atomic E-state index is 0.0904. The zero-order valence-electron chi connectivity index (χ0n) is 17.9. The van der Waals surface area contributed by atoms with Gasteiger partial charge in [0.2, 0.25) is 15.9 Å². The monoisotopic (exact) mass is 444 g/mol. The third-order valence-electron chi connectivity index (χ3n) is 6.17. The van der Waals surface area contributed by atoms with E-state index in [2.05, 4.69) is 0 Å². The van der Waals surface area contributed by atoms with E-state index in [0.717, 1.165) is 29.8 Å². The van der Waals surface area contributed by atoms with Crippen LogP contribution >= 0.6 is 0 Å². The quantitative estimate of drug-likeness (QED) is 0.708. The van der Waals surface area contributed by atoms with Crippen molar-refractivity contribution in [3.05, 3.63) is 48.0 Å². The highest BCUT2D eigenvalue weighted by Gasteiger charge is 2.35. The third-order valence-corrected chi connectivity index (χ3v) is 8.08. The van der Waals surface area contributed by atoms with Gasteiger partial charge >= 0.3 is 0 Å². The summed E-state index contributed by atoms with van der Waals surface area (Å²) in [6.45, 7) is 1.38. The van der Waals surface area contributed by atoms with Crippen LogP contribution in [-0.4, -0.2) is 52.5 Å². The van der Waals surface area contributed by atoms with Gasteiger partial charge < -0.3 is 14.4 Å². The van der Waals surface area contributed by atoms with Gasteiger partial charge in [0, 0.05) is 31.2 Å². The van der Waals surface area contributed by atoms with Crippen LogP contribution in [-0.2, 0) is 21.2 Å². The predicted molar refractivity (Wildman–Crippen MR) is 118 cm³/mol. The van der Waals surface area contributed by atoms with Crippen molar-refractivity contribution in [3.63, 3.8) is 0 Å². The Bertz CT molecular complexity index is 1040.